The molecule has 0 aromatic heterocycles. The zero-order chi connectivity index (χ0) is 10.4. The smallest absolute Gasteiger partial charge is 0.317 e. The first-order valence-electron chi connectivity index (χ1n) is 5.40. The molecule has 2 N–H and O–H groups in total. The Kier molecular flexibility index (Phi) is 4.73. The average Bonchev–Trinajstić information content (AvgIpc) is 2.66. The van der Waals surface area contributed by atoms with E-state index in [4.69, 9.17) is 0 Å². The molecule has 0 aliphatic heterocycles. The van der Waals surface area contributed by atoms with Crippen LogP contribution in [0, 0.1) is 0 Å². The molecule has 14 heavy (non-hydrogen) atoms. The summed E-state index contributed by atoms with van der Waals surface area (Å²) in [7, 11) is 3.73. The van der Waals surface area contributed by atoms with Crippen molar-refractivity contribution in [1.82, 2.24) is 15.5 Å². The van der Waals surface area contributed by atoms with Crippen LogP contribution >= 0.6 is 0 Å². The summed E-state index contributed by atoms with van der Waals surface area (Å²) in [6, 6.07) is 0.478. The number of carbonyl (C=O) groups excluding carboxylic acids is 1. The SMILES string of the molecule is CNCCN(C)C(=O)NC1CCCC1. The van der Waals surface area contributed by atoms with Crippen LogP contribution in [0.2, 0.25) is 0 Å². The quantitative estimate of drug-likeness (QED) is 0.703. The first-order valence-corrected chi connectivity index (χ1v) is 5.40. The molecule has 0 unspecified atom stereocenters. The number of carbonyl (C=O) groups is 1. The average molecular weight is 199 g/mol. The van der Waals surface area contributed by atoms with Gasteiger partial charge in [0.2, 0.25) is 0 Å². The topological polar surface area (TPSA) is 44.4 Å². The van der Waals surface area contributed by atoms with E-state index in [0.29, 0.717) is 6.04 Å². The van der Waals surface area contributed by atoms with Gasteiger partial charge in [-0.2, -0.15) is 0 Å². The van der Waals surface area contributed by atoms with Crippen molar-refractivity contribution in [2.45, 2.75) is 31.7 Å². The molecule has 0 bridgehead atoms. The predicted octanol–water partition coefficient (Wildman–Crippen LogP) is 0.790. The van der Waals surface area contributed by atoms with E-state index in [-0.39, 0.29) is 6.03 Å². The van der Waals surface area contributed by atoms with Crippen molar-refractivity contribution in [3.8, 4) is 0 Å². The summed E-state index contributed by atoms with van der Waals surface area (Å²) in [5.74, 6) is 0. The van der Waals surface area contributed by atoms with Gasteiger partial charge in [0.15, 0.2) is 0 Å². The largest absolute Gasteiger partial charge is 0.335 e. The van der Waals surface area contributed by atoms with Crippen LogP contribution in [-0.4, -0.2) is 44.2 Å². The Hall–Kier alpha value is -0.770. The van der Waals surface area contributed by atoms with E-state index in [1.54, 1.807) is 4.90 Å². The van der Waals surface area contributed by atoms with Crippen molar-refractivity contribution in [2.75, 3.05) is 27.2 Å². The number of hydrogen-bond acceptors (Lipinski definition) is 2. The summed E-state index contributed by atoms with van der Waals surface area (Å²) in [6.07, 6.45) is 4.80. The van der Waals surface area contributed by atoms with Crippen molar-refractivity contribution in [1.29, 1.82) is 0 Å². The Morgan fingerprint density at radius 1 is 1.43 bits per heavy atom. The van der Waals surface area contributed by atoms with Gasteiger partial charge >= 0.3 is 6.03 Å². The Labute approximate surface area is 86.0 Å². The van der Waals surface area contributed by atoms with E-state index in [1.165, 1.54) is 12.8 Å². The second-order valence-corrected chi connectivity index (χ2v) is 3.96. The number of urea groups is 1. The highest BCUT2D eigenvalue weighted by molar-refractivity contribution is 5.74. The summed E-state index contributed by atoms with van der Waals surface area (Å²) in [6.45, 7) is 1.60. The fourth-order valence-corrected chi connectivity index (χ4v) is 1.74. The highest BCUT2D eigenvalue weighted by Crippen LogP contribution is 2.17. The van der Waals surface area contributed by atoms with Gasteiger partial charge < -0.3 is 15.5 Å². The molecule has 1 saturated carbocycles. The third-order valence-corrected chi connectivity index (χ3v) is 2.73. The van der Waals surface area contributed by atoms with Crippen molar-refractivity contribution in [3.05, 3.63) is 0 Å². The van der Waals surface area contributed by atoms with E-state index in [2.05, 4.69) is 10.6 Å². The minimum atomic E-state index is 0.0622. The maximum Gasteiger partial charge on any atom is 0.317 e. The summed E-state index contributed by atoms with van der Waals surface area (Å²) in [4.78, 5) is 13.3. The van der Waals surface area contributed by atoms with Gasteiger partial charge in [-0.1, -0.05) is 12.8 Å². The molecule has 4 heteroatoms. The number of nitrogens with zero attached hydrogens (tertiary/aromatic N) is 1. The molecule has 82 valence electrons. The lowest BCUT2D eigenvalue weighted by Crippen LogP contribution is -2.44. The molecule has 0 atom stereocenters. The van der Waals surface area contributed by atoms with E-state index >= 15 is 0 Å². The molecule has 0 radical (unpaired) electrons. The van der Waals surface area contributed by atoms with Crippen molar-refractivity contribution in [2.24, 2.45) is 0 Å². The highest BCUT2D eigenvalue weighted by Gasteiger charge is 2.18. The van der Waals surface area contributed by atoms with Crippen molar-refractivity contribution >= 4 is 6.03 Å². The highest BCUT2D eigenvalue weighted by atomic mass is 16.2. The minimum absolute atomic E-state index is 0.0622. The fourth-order valence-electron chi connectivity index (χ4n) is 1.74. The van der Waals surface area contributed by atoms with Crippen LogP contribution in [0.25, 0.3) is 0 Å². The van der Waals surface area contributed by atoms with Gasteiger partial charge in [-0.25, -0.2) is 4.79 Å². The van der Waals surface area contributed by atoms with Gasteiger partial charge in [-0.3, -0.25) is 0 Å². The number of rotatable bonds is 4. The zero-order valence-electron chi connectivity index (χ0n) is 9.18. The maximum atomic E-state index is 11.6. The lowest BCUT2D eigenvalue weighted by molar-refractivity contribution is 0.205. The molecule has 0 saturated heterocycles. The third-order valence-electron chi connectivity index (χ3n) is 2.73. The number of amides is 2. The van der Waals surface area contributed by atoms with E-state index in [0.717, 1.165) is 25.9 Å². The predicted molar refractivity (Wildman–Crippen MR) is 57.3 cm³/mol. The van der Waals surface area contributed by atoms with Crippen LogP contribution in [-0.2, 0) is 0 Å². The second kappa shape index (κ2) is 5.86. The molecule has 1 aliphatic carbocycles. The fraction of sp³-hybridized carbons (Fsp3) is 0.900. The van der Waals surface area contributed by atoms with Gasteiger partial charge in [0.25, 0.3) is 0 Å². The lowest BCUT2D eigenvalue weighted by Gasteiger charge is -2.20. The number of nitrogens with one attached hydrogen (secondary N) is 2. The van der Waals surface area contributed by atoms with Gasteiger partial charge in [0.1, 0.15) is 0 Å². The lowest BCUT2D eigenvalue weighted by atomic mass is 10.2. The summed E-state index contributed by atoms with van der Waals surface area (Å²) >= 11 is 0. The van der Waals surface area contributed by atoms with Gasteiger partial charge in [-0.05, 0) is 19.9 Å². The second-order valence-electron chi connectivity index (χ2n) is 3.96. The molecular weight excluding hydrogens is 178 g/mol. The first-order chi connectivity index (χ1) is 6.74. The van der Waals surface area contributed by atoms with Crippen LogP contribution in [0.1, 0.15) is 25.7 Å². The minimum Gasteiger partial charge on any atom is -0.335 e. The molecule has 0 aromatic rings. The molecule has 0 heterocycles. The van der Waals surface area contributed by atoms with Crippen molar-refractivity contribution in [3.63, 3.8) is 0 Å². The van der Waals surface area contributed by atoms with Crippen LogP contribution in [0.4, 0.5) is 4.79 Å². The third kappa shape index (κ3) is 3.54. The monoisotopic (exact) mass is 199 g/mol. The Bertz CT molecular complexity index is 178. The molecule has 0 spiro atoms. The standard InChI is InChI=1S/C10H21N3O/c1-11-7-8-13(2)10(14)12-9-5-3-4-6-9/h9,11H,3-8H2,1-2H3,(H,12,14). The number of likely N-dealkylation sites (N-methyl/N-ethyl adjacent to an activating group) is 2. The Morgan fingerprint density at radius 2 is 2.07 bits per heavy atom. The summed E-state index contributed by atoms with van der Waals surface area (Å²) < 4.78 is 0. The Balaban J connectivity index is 2.18. The molecule has 4 nitrogen and oxygen atoms in total. The normalized spacial score (nSPS) is 17.0. The van der Waals surface area contributed by atoms with Crippen molar-refractivity contribution < 1.29 is 4.79 Å². The molecule has 1 rings (SSSR count). The molecular formula is C10H21N3O. The first kappa shape index (κ1) is 11.3. The van der Waals surface area contributed by atoms with Gasteiger partial charge in [-0.15, -0.1) is 0 Å². The van der Waals surface area contributed by atoms with Gasteiger partial charge in [0.05, 0.1) is 0 Å². The summed E-state index contributed by atoms with van der Waals surface area (Å²) in [5, 5.41) is 6.07. The molecule has 0 aromatic carbocycles. The zero-order valence-corrected chi connectivity index (χ0v) is 9.18. The van der Waals surface area contributed by atoms with E-state index in [1.807, 2.05) is 14.1 Å². The summed E-state index contributed by atoms with van der Waals surface area (Å²) in [5.41, 5.74) is 0. The van der Waals surface area contributed by atoms with Crippen LogP contribution < -0.4 is 10.6 Å². The molecule has 1 fully saturated rings. The molecule has 1 aliphatic rings. The van der Waals surface area contributed by atoms with E-state index < -0.39 is 0 Å². The number of hydrogen-bond donors (Lipinski definition) is 2. The van der Waals surface area contributed by atoms with E-state index in [9.17, 15) is 4.79 Å². The maximum absolute atomic E-state index is 11.6. The Morgan fingerprint density at radius 3 is 2.64 bits per heavy atom. The molecule has 2 amide bonds. The van der Waals surface area contributed by atoms with Crippen LogP contribution in [0.15, 0.2) is 0 Å². The van der Waals surface area contributed by atoms with Gasteiger partial charge in [0, 0.05) is 26.2 Å². The van der Waals surface area contributed by atoms with Crippen LogP contribution in [0.3, 0.4) is 0 Å². The van der Waals surface area contributed by atoms with Crippen LogP contribution in [0.5, 0.6) is 0 Å².